The molecule has 11 aromatic rings. The van der Waals surface area contributed by atoms with Crippen molar-refractivity contribution in [3.05, 3.63) is 342 Å². The summed E-state index contributed by atoms with van der Waals surface area (Å²) in [6.07, 6.45) is 4.80. The van der Waals surface area contributed by atoms with Crippen molar-refractivity contribution in [2.45, 2.75) is 197 Å². The van der Waals surface area contributed by atoms with Gasteiger partial charge < -0.3 is 42.0 Å². The Hall–Kier alpha value is -15.1. The molecule has 149 heavy (non-hydrogen) atoms. The Morgan fingerprint density at radius 1 is 0.403 bits per heavy atom. The van der Waals surface area contributed by atoms with E-state index in [-0.39, 0.29) is 105 Å². The average molecular weight is 2070 g/mol. The van der Waals surface area contributed by atoms with Crippen molar-refractivity contribution in [2.24, 2.45) is 45.8 Å². The molecule has 36 heteroatoms. The first kappa shape index (κ1) is 116. The van der Waals surface area contributed by atoms with Crippen molar-refractivity contribution in [1.29, 1.82) is 0 Å². The molecule has 19 N–H and O–H groups in total. The van der Waals surface area contributed by atoms with Gasteiger partial charge in [-0.1, -0.05) is 183 Å². The molecule has 0 aliphatic heterocycles. The highest BCUT2D eigenvalue weighted by molar-refractivity contribution is 7.17. The van der Waals surface area contributed by atoms with Gasteiger partial charge in [0.2, 0.25) is 17.7 Å². The van der Waals surface area contributed by atoms with Gasteiger partial charge in [0, 0.05) is 70.9 Å². The van der Waals surface area contributed by atoms with Crippen LogP contribution in [0.2, 0.25) is 0 Å². The van der Waals surface area contributed by atoms with E-state index >= 15 is 0 Å². The smallest absolute Gasteiger partial charge is 0.416 e. The van der Waals surface area contributed by atoms with Crippen LogP contribution in [-0.2, 0) is 27.0 Å². The fourth-order valence-electron chi connectivity index (χ4n) is 18.7. The maximum Gasteiger partial charge on any atom is 0.416 e. The standard InChI is InChI=1S/C22H30N2O3.C21H22N2O3S.C20H21F3N2O3.C18H21N3O3.C18H20N2O4.C14H18N2O3/c1-13(2)19(17-3-5-18(6-4-17)20(25)24-27)23-21(26)22-10-14-7-15(11-22)9-16(8-14)12-22;1-21(2,3)18(13-8-10-14(11-9-13)19(24)23-26)22-20(25)16-12-27-17-7-5-4-6-15(16)17;1-11(2)17(13-5-7-14(8-6-13)18(26)25-28)24-19(27)16-10-15(20(21,22)23)9-4-12(16)3;1-11-5-4-6-12(2)16(11)20-18(23)19-13(3)14-7-9-15(10-8-14)17(22)21-24;1-12(14-5-7-15(8-6-14)18(22)20-23)19-17(21)11-13-3-9-16(24-2)10-4-13;1-9(15-13(18)14(2)7-8-14)10-3-5-11(6-4-10)12(17)16-19/h3-6,13-16,19,27H,7-12H2,1-2H3,(H,23,26)(H,24,25);4-12,18,26H,1-3H3,(H,22,25)(H,23,24);4-11,17,28H,1-3H3,(H,24,27)(H,25,26);4-10,13,24H,1-3H3,(H,21,22)(H2,19,20,23);3-10,12,23H,11H2,1-2H3,(H,19,21)(H,20,22);3-6,9,19H,7-8H2,1-2H3,(H,15,18)(H,16,17)/t14?,15?,16?,19-,22?;;;;;/m0...../s1. The second-order valence-corrected chi connectivity index (χ2v) is 41.0. The molecule has 5 aliphatic rings. The summed E-state index contributed by atoms with van der Waals surface area (Å²) in [6, 6.07) is 62.7. The van der Waals surface area contributed by atoms with E-state index in [1.807, 2.05) is 140 Å². The van der Waals surface area contributed by atoms with Crippen LogP contribution in [-0.4, -0.2) is 109 Å². The molecule has 4 bridgehead atoms. The highest BCUT2D eigenvalue weighted by atomic mass is 32.1. The van der Waals surface area contributed by atoms with E-state index in [9.17, 15) is 70.7 Å². The van der Waals surface area contributed by atoms with Gasteiger partial charge in [0.25, 0.3) is 47.3 Å². The number of rotatable bonds is 28. The lowest BCUT2D eigenvalue weighted by atomic mass is 9.49. The van der Waals surface area contributed by atoms with E-state index in [2.05, 4.69) is 71.8 Å². The molecule has 16 rings (SSSR count). The highest BCUT2D eigenvalue weighted by Gasteiger charge is 2.55. The van der Waals surface area contributed by atoms with Crippen LogP contribution in [0.4, 0.5) is 23.7 Å². The van der Waals surface area contributed by atoms with Gasteiger partial charge in [0.15, 0.2) is 0 Å². The molecule has 0 radical (unpaired) electrons. The molecule has 5 unspecified atom stereocenters. The van der Waals surface area contributed by atoms with Crippen molar-refractivity contribution in [2.75, 3.05) is 12.4 Å². The Morgan fingerprint density at radius 2 is 0.779 bits per heavy atom. The predicted octanol–water partition coefficient (Wildman–Crippen LogP) is 20.0. The number of ether oxygens (including phenoxy) is 1. The Morgan fingerprint density at radius 3 is 1.16 bits per heavy atom. The van der Waals surface area contributed by atoms with Crippen molar-refractivity contribution in [3.63, 3.8) is 0 Å². The minimum Gasteiger partial charge on any atom is -0.497 e. The third-order valence-electron chi connectivity index (χ3n) is 27.2. The summed E-state index contributed by atoms with van der Waals surface area (Å²) >= 11 is 1.55. The summed E-state index contributed by atoms with van der Waals surface area (Å²) in [5.41, 5.74) is 20.1. The second-order valence-electron chi connectivity index (χ2n) is 40.1. The first-order valence-electron chi connectivity index (χ1n) is 48.9. The number of anilines is 1. The summed E-state index contributed by atoms with van der Waals surface area (Å²) in [6.45, 7) is 27.1. The van der Waals surface area contributed by atoms with Gasteiger partial charge in [-0.2, -0.15) is 13.2 Å². The number of benzene rings is 10. The summed E-state index contributed by atoms with van der Waals surface area (Å²) in [4.78, 5) is 144. The number of para-hydroxylation sites is 1. The number of hydrogen-bond acceptors (Lipinski definition) is 20. The minimum absolute atomic E-state index is 0.0447. The van der Waals surface area contributed by atoms with Crippen LogP contribution in [0.5, 0.6) is 5.75 Å². The number of alkyl halides is 3. The van der Waals surface area contributed by atoms with Gasteiger partial charge in [0.05, 0.1) is 60.9 Å². The average Bonchev–Trinajstić information content (AvgIpc) is 1.12. The van der Waals surface area contributed by atoms with Crippen molar-refractivity contribution in [1.82, 2.24) is 64.8 Å². The van der Waals surface area contributed by atoms with Crippen LogP contribution < -0.4 is 74.8 Å². The van der Waals surface area contributed by atoms with Crippen LogP contribution in [0.25, 0.3) is 10.1 Å². The van der Waals surface area contributed by atoms with Crippen LogP contribution >= 0.6 is 11.3 Å². The molecule has 790 valence electrons. The molecule has 0 saturated heterocycles. The molecule has 5 aliphatic carbocycles. The number of halogens is 3. The lowest BCUT2D eigenvalue weighted by molar-refractivity contribution is -0.147. The predicted molar refractivity (Wildman–Crippen MR) is 557 cm³/mol. The fourth-order valence-corrected chi connectivity index (χ4v) is 19.6. The second kappa shape index (κ2) is 52.5. The number of amides is 13. The number of aryl methyl sites for hydroxylation is 3. The summed E-state index contributed by atoms with van der Waals surface area (Å²) in [5.74, 6) is -0.793. The van der Waals surface area contributed by atoms with E-state index in [4.69, 9.17) is 36.0 Å². The largest absolute Gasteiger partial charge is 0.497 e. The Bertz CT molecular complexity index is 6440. The Kier molecular flexibility index (Phi) is 40.8. The SMILES string of the molecule is CC(C)(C)C(NC(=O)c1csc2ccccc12)c1ccc(C(=O)NO)cc1.CC(C)[C@H](NC(=O)C12CC3CC(CC(C3)C1)C2)c1ccc(C(=O)NO)cc1.CC(NC(=O)C1(C)CC1)c1ccc(C(=O)NO)cc1.COc1ccc(CC(=O)NC(C)c2ccc(C(=O)NO)cc2)cc1.Cc1ccc(C(F)(F)F)cc1C(=O)NC(c1ccc(C(=O)NO)cc1)C(C)C.Cc1cccc(C)c1NC(=O)NC(C)c1ccc(C(=O)NO)cc1. The van der Waals surface area contributed by atoms with E-state index in [1.165, 1.54) is 42.9 Å². The monoisotopic (exact) mass is 2060 g/mol. The van der Waals surface area contributed by atoms with Crippen molar-refractivity contribution in [3.8, 4) is 5.75 Å². The maximum absolute atomic E-state index is 13.4. The topological polar surface area (TPSA) is 492 Å². The van der Waals surface area contributed by atoms with Crippen molar-refractivity contribution >= 4 is 98.1 Å². The summed E-state index contributed by atoms with van der Waals surface area (Å²) < 4.78 is 45.1. The van der Waals surface area contributed by atoms with Gasteiger partial charge in [-0.3, -0.25) is 84.0 Å². The maximum atomic E-state index is 13.4. The van der Waals surface area contributed by atoms with E-state index in [0.29, 0.717) is 44.5 Å². The molecule has 0 spiro atoms. The highest BCUT2D eigenvalue weighted by Crippen LogP contribution is 2.60. The molecule has 6 atom stereocenters. The lowest BCUT2D eigenvalue weighted by Gasteiger charge is -2.56. The van der Waals surface area contributed by atoms with Crippen LogP contribution in [0.15, 0.2) is 236 Å². The first-order chi connectivity index (χ1) is 70.7. The summed E-state index contributed by atoms with van der Waals surface area (Å²) in [5, 5.41) is 75.7. The normalized spacial score (nSPS) is 16.4. The molecule has 32 nitrogen and oxygen atoms in total. The van der Waals surface area contributed by atoms with Crippen molar-refractivity contribution < 1.29 is 107 Å². The van der Waals surface area contributed by atoms with E-state index in [0.717, 1.165) is 128 Å². The van der Waals surface area contributed by atoms with Crippen LogP contribution in [0.3, 0.4) is 0 Å². The van der Waals surface area contributed by atoms with Gasteiger partial charge in [0.1, 0.15) is 5.75 Å². The van der Waals surface area contributed by atoms with Gasteiger partial charge in [-0.05, 0) is 287 Å². The van der Waals surface area contributed by atoms with Gasteiger partial charge in [-0.25, -0.2) is 37.7 Å². The lowest BCUT2D eigenvalue weighted by Crippen LogP contribution is -2.54. The summed E-state index contributed by atoms with van der Waals surface area (Å²) in [7, 11) is 1.60. The number of urea groups is 1. The number of hydroxylamine groups is 6. The molecular formula is C113H132F3N13O19S. The molecule has 1 heterocycles. The third-order valence-corrected chi connectivity index (χ3v) is 28.1. The number of methoxy groups -OCH3 is 1. The number of nitrogens with one attached hydrogen (secondary N) is 13. The molecule has 1 aromatic heterocycles. The van der Waals surface area contributed by atoms with Gasteiger partial charge in [-0.15, -0.1) is 11.3 Å². The number of carbonyl (C=O) groups excluding carboxylic acids is 12. The number of carbonyl (C=O) groups is 12. The van der Waals surface area contributed by atoms with Gasteiger partial charge >= 0.3 is 12.2 Å². The zero-order valence-electron chi connectivity index (χ0n) is 85.8. The number of fused-ring (bicyclic) bond motifs is 1. The van der Waals surface area contributed by atoms with Crippen LogP contribution in [0.1, 0.15) is 308 Å². The first-order valence-corrected chi connectivity index (χ1v) is 49.7. The van der Waals surface area contributed by atoms with Crippen LogP contribution in [0, 0.1) is 66.6 Å². The molecular weight excluding hydrogens is 1930 g/mol. The van der Waals surface area contributed by atoms with E-state index < -0.39 is 59.1 Å². The Balaban J connectivity index is 0.000000183. The molecule has 5 fully saturated rings. The number of hydrogen-bond donors (Lipinski definition) is 19. The third kappa shape index (κ3) is 31.8. The zero-order chi connectivity index (χ0) is 109. The molecule has 10 aromatic carbocycles. The fraction of sp³-hybridized carbons (Fsp3) is 0.345. The Labute approximate surface area is 867 Å². The zero-order valence-corrected chi connectivity index (χ0v) is 86.6. The molecule has 13 amide bonds. The molecule has 5 saturated carbocycles. The minimum atomic E-state index is -4.54. The number of thiophene rings is 1. The quantitative estimate of drug-likeness (QED) is 0.0160. The van der Waals surface area contributed by atoms with E-state index in [1.54, 1.807) is 174 Å².